The topological polar surface area (TPSA) is 26.3 Å². The van der Waals surface area contributed by atoms with Gasteiger partial charge in [0.2, 0.25) is 0 Å². The summed E-state index contributed by atoms with van der Waals surface area (Å²) in [5, 5.41) is 1.16. The lowest BCUT2D eigenvalue weighted by atomic mass is 9.47. The molecule has 0 amide bonds. The second-order valence-electron chi connectivity index (χ2n) is 18.0. The Labute approximate surface area is 301 Å². The molecule has 0 bridgehead atoms. The van der Waals surface area contributed by atoms with E-state index in [9.17, 15) is 4.79 Å². The minimum atomic E-state index is 0.0630. The van der Waals surface area contributed by atoms with Crippen LogP contribution in [0.3, 0.4) is 0 Å². The summed E-state index contributed by atoms with van der Waals surface area (Å²) in [5.41, 5.74) is 2.54. The molecule has 4 rings (SSSR count). The third-order valence-corrected chi connectivity index (χ3v) is 14.9. The molecular weight excluding hydrogens is 640 g/mol. The molecule has 4 aliphatic carbocycles. The van der Waals surface area contributed by atoms with Crippen molar-refractivity contribution >= 4 is 21.9 Å². The lowest BCUT2D eigenvalue weighted by Gasteiger charge is -2.58. The van der Waals surface area contributed by atoms with Gasteiger partial charge in [0.15, 0.2) is 0 Å². The average molecular weight is 718 g/mol. The van der Waals surface area contributed by atoms with Gasteiger partial charge in [0.25, 0.3) is 0 Å². The number of fused-ring (bicyclic) bond motifs is 5. The SMILES string of the molecule is CC(C)CCC[C@@H](C)[C@H]1CCC2C3CC=C4CC(OC(=O)CCCCCCCCCCCCCCCCBr)CC[C@]4(C)C3CC[C@@]21C. The number of hydrogen-bond acceptors (Lipinski definition) is 2. The molecule has 3 fully saturated rings. The van der Waals surface area contributed by atoms with E-state index in [1.165, 1.54) is 141 Å². The van der Waals surface area contributed by atoms with E-state index in [1.54, 1.807) is 5.57 Å². The molecule has 0 N–H and O–H groups in total. The smallest absolute Gasteiger partial charge is 0.306 e. The predicted octanol–water partition coefficient (Wildman–Crippen LogP) is 14.2. The zero-order valence-corrected chi connectivity index (χ0v) is 33.5. The molecule has 0 heterocycles. The van der Waals surface area contributed by atoms with E-state index in [0.717, 1.165) is 60.1 Å². The van der Waals surface area contributed by atoms with Crippen LogP contribution in [0, 0.1) is 46.3 Å². The molecule has 0 spiro atoms. The first-order valence-electron chi connectivity index (χ1n) is 21.1. The fourth-order valence-corrected chi connectivity index (χ4v) is 11.9. The lowest BCUT2D eigenvalue weighted by Crippen LogP contribution is -2.51. The van der Waals surface area contributed by atoms with E-state index in [1.807, 2.05) is 0 Å². The monoisotopic (exact) mass is 717 g/mol. The van der Waals surface area contributed by atoms with Crippen LogP contribution in [-0.4, -0.2) is 17.4 Å². The number of allylic oxidation sites excluding steroid dienone is 1. The van der Waals surface area contributed by atoms with Crippen LogP contribution in [0.4, 0.5) is 0 Å². The first-order chi connectivity index (χ1) is 22.7. The van der Waals surface area contributed by atoms with Crippen LogP contribution in [0.2, 0.25) is 0 Å². The fourth-order valence-electron chi connectivity index (χ4n) is 11.5. The van der Waals surface area contributed by atoms with Gasteiger partial charge in [0, 0.05) is 18.2 Å². The van der Waals surface area contributed by atoms with Gasteiger partial charge in [-0.25, -0.2) is 0 Å². The van der Waals surface area contributed by atoms with Crippen molar-refractivity contribution in [3.05, 3.63) is 11.6 Å². The Morgan fingerprint density at radius 2 is 1.38 bits per heavy atom. The summed E-state index contributed by atoms with van der Waals surface area (Å²) >= 11 is 3.52. The highest BCUT2D eigenvalue weighted by molar-refractivity contribution is 9.09. The van der Waals surface area contributed by atoms with Gasteiger partial charge in [-0.3, -0.25) is 4.79 Å². The molecule has 0 saturated heterocycles. The quantitative estimate of drug-likeness (QED) is 0.0482. The van der Waals surface area contributed by atoms with Crippen molar-refractivity contribution in [2.24, 2.45) is 46.3 Å². The molecule has 3 saturated carbocycles. The van der Waals surface area contributed by atoms with Gasteiger partial charge in [-0.2, -0.15) is 0 Å². The van der Waals surface area contributed by atoms with E-state index < -0.39 is 0 Å². The molecule has 47 heavy (non-hydrogen) atoms. The highest BCUT2D eigenvalue weighted by Gasteiger charge is 2.59. The van der Waals surface area contributed by atoms with Crippen molar-refractivity contribution in [3.8, 4) is 0 Å². The molecule has 0 aromatic heterocycles. The summed E-state index contributed by atoms with van der Waals surface area (Å²) in [6, 6.07) is 0. The van der Waals surface area contributed by atoms with E-state index >= 15 is 0 Å². The van der Waals surface area contributed by atoms with Gasteiger partial charge in [-0.1, -0.05) is 159 Å². The Hall–Kier alpha value is -0.310. The summed E-state index contributed by atoms with van der Waals surface area (Å²) < 4.78 is 6.13. The van der Waals surface area contributed by atoms with Gasteiger partial charge >= 0.3 is 5.97 Å². The Balaban J connectivity index is 1.10. The molecule has 4 aliphatic rings. The first-order valence-corrected chi connectivity index (χ1v) is 22.3. The number of carbonyl (C=O) groups excluding carboxylic acids is 1. The number of unbranched alkanes of at least 4 members (excludes halogenated alkanes) is 13. The summed E-state index contributed by atoms with van der Waals surface area (Å²) in [7, 11) is 0. The van der Waals surface area contributed by atoms with E-state index in [-0.39, 0.29) is 12.1 Å². The maximum absolute atomic E-state index is 12.8. The number of esters is 1. The molecule has 4 unspecified atom stereocenters. The van der Waals surface area contributed by atoms with Crippen LogP contribution < -0.4 is 0 Å². The molecule has 272 valence electrons. The molecular formula is C44H77BrO2. The van der Waals surface area contributed by atoms with E-state index in [2.05, 4.69) is 56.6 Å². The number of halogens is 1. The van der Waals surface area contributed by atoms with Gasteiger partial charge in [-0.15, -0.1) is 0 Å². The molecule has 2 nitrogen and oxygen atoms in total. The van der Waals surface area contributed by atoms with E-state index in [0.29, 0.717) is 17.3 Å². The highest BCUT2D eigenvalue weighted by atomic mass is 79.9. The first kappa shape index (κ1) is 39.5. The van der Waals surface area contributed by atoms with Crippen molar-refractivity contribution in [2.45, 2.75) is 208 Å². The third-order valence-electron chi connectivity index (χ3n) is 14.3. The average Bonchev–Trinajstić information content (AvgIpc) is 3.40. The molecule has 0 aromatic carbocycles. The minimum Gasteiger partial charge on any atom is -0.462 e. The van der Waals surface area contributed by atoms with Crippen molar-refractivity contribution < 1.29 is 9.53 Å². The Bertz CT molecular complexity index is 941. The Kier molecular flexibility index (Phi) is 16.7. The number of carbonyl (C=O) groups is 1. The number of alkyl halides is 1. The summed E-state index contributed by atoms with van der Waals surface area (Å²) in [6.45, 7) is 12.7. The van der Waals surface area contributed by atoms with E-state index in [4.69, 9.17) is 4.74 Å². The van der Waals surface area contributed by atoms with Gasteiger partial charge in [0.1, 0.15) is 6.10 Å². The standard InChI is InChI=1S/C44H77BrO2/c1-34(2)21-20-22-35(3)39-26-27-40-38-25-24-36-33-37(28-30-43(36,4)41(38)29-31-44(39,40)5)47-42(46)23-18-16-14-12-10-8-6-7-9-11-13-15-17-19-32-45/h24,34-35,37-41H,6-23,25-33H2,1-5H3/t35-,37?,38?,39-,40?,41?,43+,44-/m1/s1. The lowest BCUT2D eigenvalue weighted by molar-refractivity contribution is -0.151. The van der Waals surface area contributed by atoms with Gasteiger partial charge in [-0.05, 0) is 104 Å². The largest absolute Gasteiger partial charge is 0.462 e. The van der Waals surface area contributed by atoms with Crippen molar-refractivity contribution in [2.75, 3.05) is 5.33 Å². The zero-order chi connectivity index (χ0) is 33.7. The maximum atomic E-state index is 12.8. The van der Waals surface area contributed by atoms with Crippen molar-refractivity contribution in [1.29, 1.82) is 0 Å². The number of ether oxygens (including phenoxy) is 1. The Morgan fingerprint density at radius 3 is 2.00 bits per heavy atom. The van der Waals surface area contributed by atoms with Crippen LogP contribution in [0.15, 0.2) is 11.6 Å². The molecule has 8 atom stereocenters. The van der Waals surface area contributed by atoms with Crippen LogP contribution in [0.5, 0.6) is 0 Å². The normalized spacial score (nSPS) is 32.4. The summed E-state index contributed by atoms with van der Waals surface area (Å²) in [5.74, 6) is 5.34. The summed E-state index contributed by atoms with van der Waals surface area (Å²) in [4.78, 5) is 12.8. The van der Waals surface area contributed by atoms with Crippen LogP contribution in [-0.2, 0) is 9.53 Å². The highest BCUT2D eigenvalue weighted by Crippen LogP contribution is 2.67. The molecule has 0 aromatic rings. The van der Waals surface area contributed by atoms with Crippen LogP contribution in [0.25, 0.3) is 0 Å². The fraction of sp³-hybridized carbons (Fsp3) is 0.932. The molecule has 0 radical (unpaired) electrons. The summed E-state index contributed by atoms with van der Waals surface area (Å²) in [6.07, 6.45) is 36.8. The van der Waals surface area contributed by atoms with Crippen LogP contribution >= 0.6 is 15.9 Å². The second kappa shape index (κ2) is 19.9. The van der Waals surface area contributed by atoms with Crippen LogP contribution in [0.1, 0.15) is 202 Å². The van der Waals surface area contributed by atoms with Gasteiger partial charge < -0.3 is 4.74 Å². The Morgan fingerprint density at radius 1 is 0.766 bits per heavy atom. The van der Waals surface area contributed by atoms with Crippen molar-refractivity contribution in [3.63, 3.8) is 0 Å². The molecule has 3 heteroatoms. The number of hydrogen-bond donors (Lipinski definition) is 0. The third kappa shape index (κ3) is 11.1. The van der Waals surface area contributed by atoms with Crippen molar-refractivity contribution in [1.82, 2.24) is 0 Å². The maximum Gasteiger partial charge on any atom is 0.306 e. The molecule has 0 aliphatic heterocycles. The second-order valence-corrected chi connectivity index (χ2v) is 18.8. The zero-order valence-electron chi connectivity index (χ0n) is 31.9. The predicted molar refractivity (Wildman–Crippen MR) is 206 cm³/mol. The van der Waals surface area contributed by atoms with Gasteiger partial charge in [0.05, 0.1) is 0 Å². The number of rotatable bonds is 22. The minimum absolute atomic E-state index is 0.0630.